The molecule has 1 heterocycles. The molecule has 1 aliphatic heterocycles. The second-order valence-corrected chi connectivity index (χ2v) is 4.41. The van der Waals surface area contributed by atoms with E-state index in [0.29, 0.717) is 6.42 Å². The van der Waals surface area contributed by atoms with Crippen molar-refractivity contribution in [2.75, 3.05) is 6.79 Å². The van der Waals surface area contributed by atoms with Crippen LogP contribution in [0.3, 0.4) is 0 Å². The first-order valence-corrected chi connectivity index (χ1v) is 5.32. The highest BCUT2D eigenvalue weighted by Crippen LogP contribution is 2.50. The summed E-state index contributed by atoms with van der Waals surface area (Å²) in [5.74, 6) is 0.734. The molecule has 2 aliphatic rings. The molecule has 0 aromatic heterocycles. The summed E-state index contributed by atoms with van der Waals surface area (Å²) in [6, 6.07) is 5.63. The molecule has 1 aliphatic carbocycles. The molecule has 16 heavy (non-hydrogen) atoms. The van der Waals surface area contributed by atoms with Gasteiger partial charge in [0.1, 0.15) is 0 Å². The molecule has 4 heteroatoms. The standard InChI is InChI=1S/C12H12O4/c13-11(14)12(4-5-12)6-8-2-1-3-9-10(8)16-7-15-9/h1-3H,4-7H2,(H,13,14). The van der Waals surface area contributed by atoms with Gasteiger partial charge in [-0.1, -0.05) is 12.1 Å². The summed E-state index contributed by atoms with van der Waals surface area (Å²) >= 11 is 0. The van der Waals surface area contributed by atoms with Crippen LogP contribution in [0.5, 0.6) is 11.5 Å². The Morgan fingerprint density at radius 2 is 2.19 bits per heavy atom. The minimum Gasteiger partial charge on any atom is -0.481 e. The quantitative estimate of drug-likeness (QED) is 0.844. The van der Waals surface area contributed by atoms with E-state index in [9.17, 15) is 4.79 Å². The lowest BCUT2D eigenvalue weighted by Gasteiger charge is -2.11. The normalized spacial score (nSPS) is 19.5. The van der Waals surface area contributed by atoms with Gasteiger partial charge in [0.15, 0.2) is 11.5 Å². The molecular weight excluding hydrogens is 208 g/mol. The zero-order chi connectivity index (χ0) is 11.2. The molecule has 3 rings (SSSR count). The van der Waals surface area contributed by atoms with Crippen LogP contribution in [-0.4, -0.2) is 17.9 Å². The molecule has 0 saturated heterocycles. The average molecular weight is 220 g/mol. The van der Waals surface area contributed by atoms with Crippen molar-refractivity contribution in [3.8, 4) is 11.5 Å². The minimum absolute atomic E-state index is 0.229. The van der Waals surface area contributed by atoms with Gasteiger partial charge in [0.25, 0.3) is 0 Å². The summed E-state index contributed by atoms with van der Waals surface area (Å²) < 4.78 is 10.6. The van der Waals surface area contributed by atoms with E-state index in [2.05, 4.69) is 0 Å². The monoisotopic (exact) mass is 220 g/mol. The summed E-state index contributed by atoms with van der Waals surface area (Å²) in [7, 11) is 0. The number of carboxylic acid groups (broad SMARTS) is 1. The van der Waals surface area contributed by atoms with Gasteiger partial charge in [0.05, 0.1) is 5.41 Å². The zero-order valence-corrected chi connectivity index (χ0v) is 8.73. The third-order valence-electron chi connectivity index (χ3n) is 3.31. The van der Waals surface area contributed by atoms with E-state index in [1.807, 2.05) is 18.2 Å². The maximum Gasteiger partial charge on any atom is 0.309 e. The molecular formula is C12H12O4. The number of aliphatic carboxylic acids is 1. The minimum atomic E-state index is -0.705. The van der Waals surface area contributed by atoms with Gasteiger partial charge in [0.2, 0.25) is 6.79 Å². The molecule has 0 unspecified atom stereocenters. The third-order valence-corrected chi connectivity index (χ3v) is 3.31. The van der Waals surface area contributed by atoms with Gasteiger partial charge >= 0.3 is 5.97 Å². The summed E-state index contributed by atoms with van der Waals surface area (Å²) in [6.45, 7) is 0.229. The van der Waals surface area contributed by atoms with Crippen LogP contribution < -0.4 is 9.47 Å². The van der Waals surface area contributed by atoms with Crippen LogP contribution in [0.4, 0.5) is 0 Å². The Labute approximate surface area is 92.8 Å². The molecule has 0 amide bonds. The third kappa shape index (κ3) is 1.33. The van der Waals surface area contributed by atoms with Crippen LogP contribution in [0.2, 0.25) is 0 Å². The number of carboxylic acids is 1. The number of fused-ring (bicyclic) bond motifs is 1. The maximum absolute atomic E-state index is 11.1. The lowest BCUT2D eigenvalue weighted by atomic mass is 9.96. The van der Waals surface area contributed by atoms with E-state index in [1.54, 1.807) is 0 Å². The van der Waals surface area contributed by atoms with Gasteiger partial charge in [-0.15, -0.1) is 0 Å². The van der Waals surface area contributed by atoms with E-state index in [-0.39, 0.29) is 6.79 Å². The molecule has 1 fully saturated rings. The maximum atomic E-state index is 11.1. The first-order chi connectivity index (χ1) is 7.71. The van der Waals surface area contributed by atoms with Gasteiger partial charge in [0, 0.05) is 0 Å². The first-order valence-electron chi connectivity index (χ1n) is 5.32. The lowest BCUT2D eigenvalue weighted by Crippen LogP contribution is -2.17. The highest BCUT2D eigenvalue weighted by atomic mass is 16.7. The molecule has 1 saturated carbocycles. The number of para-hydroxylation sites is 1. The molecule has 0 bridgehead atoms. The van der Waals surface area contributed by atoms with Gasteiger partial charge < -0.3 is 14.6 Å². The smallest absolute Gasteiger partial charge is 0.309 e. The molecule has 1 aromatic carbocycles. The lowest BCUT2D eigenvalue weighted by molar-refractivity contribution is -0.143. The first kappa shape index (κ1) is 9.51. The number of carbonyl (C=O) groups is 1. The molecule has 84 valence electrons. The van der Waals surface area contributed by atoms with Crippen molar-refractivity contribution in [3.63, 3.8) is 0 Å². The number of ether oxygens (including phenoxy) is 2. The van der Waals surface area contributed by atoms with Crippen molar-refractivity contribution in [1.29, 1.82) is 0 Å². The summed E-state index contributed by atoms with van der Waals surface area (Å²) in [5.41, 5.74) is 0.385. The summed E-state index contributed by atoms with van der Waals surface area (Å²) in [4.78, 5) is 11.1. The molecule has 0 radical (unpaired) electrons. The van der Waals surface area contributed by atoms with Crippen LogP contribution in [0.15, 0.2) is 18.2 Å². The highest BCUT2D eigenvalue weighted by Gasteiger charge is 2.50. The summed E-state index contributed by atoms with van der Waals surface area (Å²) in [5, 5.41) is 9.14. The molecule has 0 spiro atoms. The van der Waals surface area contributed by atoms with Crippen LogP contribution in [0, 0.1) is 5.41 Å². The molecule has 0 atom stereocenters. The van der Waals surface area contributed by atoms with Crippen molar-refractivity contribution >= 4 is 5.97 Å². The Hall–Kier alpha value is -1.71. The zero-order valence-electron chi connectivity index (χ0n) is 8.73. The fourth-order valence-electron chi connectivity index (χ4n) is 2.11. The average Bonchev–Trinajstić information content (AvgIpc) is 2.89. The van der Waals surface area contributed by atoms with Gasteiger partial charge in [-0.2, -0.15) is 0 Å². The van der Waals surface area contributed by atoms with Crippen LogP contribution >= 0.6 is 0 Å². The van der Waals surface area contributed by atoms with Crippen LogP contribution in [0.25, 0.3) is 0 Å². The Morgan fingerprint density at radius 3 is 2.88 bits per heavy atom. The van der Waals surface area contributed by atoms with Crippen molar-refractivity contribution < 1.29 is 19.4 Å². The van der Waals surface area contributed by atoms with E-state index in [0.717, 1.165) is 29.9 Å². The van der Waals surface area contributed by atoms with E-state index < -0.39 is 11.4 Å². The fraction of sp³-hybridized carbons (Fsp3) is 0.417. The molecule has 1 aromatic rings. The van der Waals surface area contributed by atoms with Crippen LogP contribution in [0.1, 0.15) is 18.4 Å². The van der Waals surface area contributed by atoms with Crippen molar-refractivity contribution in [2.24, 2.45) is 5.41 Å². The van der Waals surface area contributed by atoms with E-state index >= 15 is 0 Å². The largest absolute Gasteiger partial charge is 0.481 e. The second-order valence-electron chi connectivity index (χ2n) is 4.41. The number of hydrogen-bond acceptors (Lipinski definition) is 3. The topological polar surface area (TPSA) is 55.8 Å². The van der Waals surface area contributed by atoms with Crippen LogP contribution in [-0.2, 0) is 11.2 Å². The SMILES string of the molecule is O=C(O)C1(Cc2cccc3c2OCO3)CC1. The highest BCUT2D eigenvalue weighted by molar-refractivity contribution is 5.78. The number of rotatable bonds is 3. The Balaban J connectivity index is 1.91. The second kappa shape index (κ2) is 3.14. The van der Waals surface area contributed by atoms with Crippen molar-refractivity contribution in [3.05, 3.63) is 23.8 Å². The number of benzene rings is 1. The summed E-state index contributed by atoms with van der Waals surface area (Å²) in [6.07, 6.45) is 2.05. The fourth-order valence-corrected chi connectivity index (χ4v) is 2.11. The molecule has 1 N–H and O–H groups in total. The number of hydrogen-bond donors (Lipinski definition) is 1. The Morgan fingerprint density at radius 1 is 1.38 bits per heavy atom. The van der Waals surface area contributed by atoms with Crippen molar-refractivity contribution in [1.82, 2.24) is 0 Å². The Bertz CT molecular complexity index is 448. The van der Waals surface area contributed by atoms with Gasteiger partial charge in [-0.3, -0.25) is 4.79 Å². The predicted molar refractivity (Wildman–Crippen MR) is 55.6 cm³/mol. The van der Waals surface area contributed by atoms with Gasteiger partial charge in [-0.25, -0.2) is 0 Å². The van der Waals surface area contributed by atoms with Gasteiger partial charge in [-0.05, 0) is 30.9 Å². The predicted octanol–water partition coefficient (Wildman–Crippen LogP) is 1.82. The van der Waals surface area contributed by atoms with Crippen molar-refractivity contribution in [2.45, 2.75) is 19.3 Å². The Kier molecular flexibility index (Phi) is 1.87. The molecule has 4 nitrogen and oxygen atoms in total. The van der Waals surface area contributed by atoms with E-state index in [4.69, 9.17) is 14.6 Å². The van der Waals surface area contributed by atoms with E-state index in [1.165, 1.54) is 0 Å².